The first kappa shape index (κ1) is 23.9. The van der Waals surface area contributed by atoms with E-state index >= 15 is 0 Å². The third-order valence-electron chi connectivity index (χ3n) is 4.65. The van der Waals surface area contributed by atoms with Crippen LogP contribution in [0.5, 0.6) is 5.75 Å². The summed E-state index contributed by atoms with van der Waals surface area (Å²) in [5.74, 6) is -2.22. The van der Waals surface area contributed by atoms with Crippen LogP contribution in [-0.4, -0.2) is 48.9 Å². The number of hydrogen-bond donors (Lipinski definition) is 1. The van der Waals surface area contributed by atoms with Gasteiger partial charge in [-0.3, -0.25) is 4.18 Å². The topological polar surface area (TPSA) is 98.8 Å². The highest BCUT2D eigenvalue weighted by Gasteiger charge is 2.44. The lowest BCUT2D eigenvalue weighted by molar-refractivity contribution is 0.216. The molecular formula is C19H20ClF2NO6S2. The number of benzene rings is 2. The molecule has 31 heavy (non-hydrogen) atoms. The molecule has 2 aromatic rings. The average molecular weight is 496 g/mol. The number of fused-ring (bicyclic) bond motifs is 1. The highest BCUT2D eigenvalue weighted by Crippen LogP contribution is 2.43. The van der Waals surface area contributed by atoms with Crippen molar-refractivity contribution >= 4 is 31.6 Å². The molecule has 12 heteroatoms. The Morgan fingerprint density at radius 2 is 1.74 bits per heavy atom. The van der Waals surface area contributed by atoms with E-state index in [0.717, 1.165) is 18.4 Å². The molecule has 3 rings (SSSR count). The van der Waals surface area contributed by atoms with Crippen molar-refractivity contribution < 1.29 is 34.5 Å². The maximum absolute atomic E-state index is 14.7. The van der Waals surface area contributed by atoms with Crippen molar-refractivity contribution in [3.63, 3.8) is 0 Å². The Morgan fingerprint density at radius 1 is 1.10 bits per heavy atom. The fourth-order valence-electron chi connectivity index (χ4n) is 3.30. The van der Waals surface area contributed by atoms with Crippen LogP contribution in [0.15, 0.2) is 41.3 Å². The molecular weight excluding hydrogens is 476 g/mol. The molecule has 0 saturated heterocycles. The van der Waals surface area contributed by atoms with E-state index in [1.165, 1.54) is 24.3 Å². The van der Waals surface area contributed by atoms with Crippen LogP contribution in [-0.2, 0) is 24.1 Å². The Bertz CT molecular complexity index is 1160. The number of sulfone groups is 1. The van der Waals surface area contributed by atoms with Gasteiger partial charge in [0.05, 0.1) is 29.4 Å². The zero-order valence-electron chi connectivity index (χ0n) is 16.3. The molecule has 0 aliphatic carbocycles. The van der Waals surface area contributed by atoms with Gasteiger partial charge < -0.3 is 10.1 Å². The summed E-state index contributed by atoms with van der Waals surface area (Å²) in [4.78, 5) is -0.106. The monoisotopic (exact) mass is 495 g/mol. The second-order valence-corrected chi connectivity index (χ2v) is 11.1. The Hall–Kier alpha value is -1.79. The van der Waals surface area contributed by atoms with Crippen molar-refractivity contribution in [1.29, 1.82) is 0 Å². The number of ether oxygens (including phenoxy) is 1. The van der Waals surface area contributed by atoms with Crippen LogP contribution in [0.4, 0.5) is 8.78 Å². The van der Waals surface area contributed by atoms with Crippen LogP contribution in [0, 0.1) is 11.6 Å². The standard InChI is InChI=1S/C19H20ClF2NO6S2/c1-30(24,25)29-10-2-9-23-16-11-28-18-15(22)8-7-14(21)17(18)19(16)31(26,27)13-5-3-12(20)4-6-13/h3-8,16,19,23H,2,9-11H2,1H3/t16-,19+/m0/s1. The van der Waals surface area contributed by atoms with E-state index in [0.29, 0.717) is 5.02 Å². The van der Waals surface area contributed by atoms with Gasteiger partial charge in [0.1, 0.15) is 17.7 Å². The van der Waals surface area contributed by atoms with Crippen LogP contribution in [0.2, 0.25) is 5.02 Å². The number of nitrogens with one attached hydrogen (secondary N) is 1. The Morgan fingerprint density at radius 3 is 2.39 bits per heavy atom. The smallest absolute Gasteiger partial charge is 0.264 e. The molecule has 0 fully saturated rings. The van der Waals surface area contributed by atoms with Gasteiger partial charge in [0.25, 0.3) is 10.1 Å². The molecule has 0 spiro atoms. The summed E-state index contributed by atoms with van der Waals surface area (Å²) in [6.45, 7) is -0.201. The molecule has 170 valence electrons. The summed E-state index contributed by atoms with van der Waals surface area (Å²) >= 11 is 5.84. The SMILES string of the molecule is CS(=O)(=O)OCCCN[C@H]1COc2c(F)ccc(F)c2[C@@H]1S(=O)(=O)c1ccc(Cl)cc1. The fraction of sp³-hybridized carbons (Fsp3) is 0.368. The normalized spacial score (nSPS) is 19.0. The molecule has 1 aliphatic rings. The molecule has 0 unspecified atom stereocenters. The van der Waals surface area contributed by atoms with Gasteiger partial charge in [0, 0.05) is 5.02 Å². The lowest BCUT2D eigenvalue weighted by Crippen LogP contribution is -2.46. The van der Waals surface area contributed by atoms with E-state index in [-0.39, 0.29) is 31.1 Å². The molecule has 1 N–H and O–H groups in total. The summed E-state index contributed by atoms with van der Waals surface area (Å²) in [7, 11) is -7.79. The first-order valence-corrected chi connectivity index (χ1v) is 12.9. The molecule has 0 aromatic heterocycles. The second kappa shape index (κ2) is 9.37. The molecule has 2 atom stereocenters. The summed E-state index contributed by atoms with van der Waals surface area (Å²) in [6, 6.07) is 6.16. The van der Waals surface area contributed by atoms with E-state index in [1.54, 1.807) is 0 Å². The molecule has 1 aliphatic heterocycles. The summed E-state index contributed by atoms with van der Waals surface area (Å²) < 4.78 is 87.9. The first-order chi connectivity index (χ1) is 14.5. The highest BCUT2D eigenvalue weighted by molar-refractivity contribution is 7.91. The summed E-state index contributed by atoms with van der Waals surface area (Å²) in [6.07, 6.45) is 1.15. The van der Waals surface area contributed by atoms with Crippen molar-refractivity contribution in [3.8, 4) is 5.75 Å². The maximum atomic E-state index is 14.7. The van der Waals surface area contributed by atoms with Gasteiger partial charge in [-0.15, -0.1) is 0 Å². The van der Waals surface area contributed by atoms with E-state index in [2.05, 4.69) is 9.50 Å². The van der Waals surface area contributed by atoms with Gasteiger partial charge in [-0.05, 0) is 49.4 Å². The first-order valence-electron chi connectivity index (χ1n) is 9.18. The zero-order chi connectivity index (χ0) is 22.8. The number of hydrogen-bond acceptors (Lipinski definition) is 7. The van der Waals surface area contributed by atoms with Crippen molar-refractivity contribution in [2.75, 3.05) is 26.0 Å². The van der Waals surface area contributed by atoms with Crippen LogP contribution >= 0.6 is 11.6 Å². The van der Waals surface area contributed by atoms with Crippen molar-refractivity contribution in [1.82, 2.24) is 5.32 Å². The quantitative estimate of drug-likeness (QED) is 0.444. The Kier molecular flexibility index (Phi) is 7.21. The number of rotatable bonds is 8. The molecule has 0 amide bonds. The highest BCUT2D eigenvalue weighted by atomic mass is 35.5. The predicted molar refractivity (Wildman–Crippen MR) is 110 cm³/mol. The van der Waals surface area contributed by atoms with Gasteiger partial charge >= 0.3 is 0 Å². The zero-order valence-corrected chi connectivity index (χ0v) is 18.7. The minimum atomic E-state index is -4.18. The van der Waals surface area contributed by atoms with Crippen molar-refractivity contribution in [3.05, 3.63) is 58.6 Å². The molecule has 0 bridgehead atoms. The largest absolute Gasteiger partial charge is 0.488 e. The molecule has 0 radical (unpaired) electrons. The van der Waals surface area contributed by atoms with Crippen LogP contribution in [0.25, 0.3) is 0 Å². The van der Waals surface area contributed by atoms with E-state index in [4.69, 9.17) is 16.3 Å². The Labute approximate surface area is 184 Å². The van der Waals surface area contributed by atoms with Crippen LogP contribution < -0.4 is 10.1 Å². The van der Waals surface area contributed by atoms with E-state index < -0.39 is 54.2 Å². The number of halogens is 3. The lowest BCUT2D eigenvalue weighted by Gasteiger charge is -2.34. The maximum Gasteiger partial charge on any atom is 0.264 e. The minimum Gasteiger partial charge on any atom is -0.488 e. The molecule has 2 aromatic carbocycles. The predicted octanol–water partition coefficient (Wildman–Crippen LogP) is 2.85. The fourth-order valence-corrected chi connectivity index (χ4v) is 5.79. The van der Waals surface area contributed by atoms with Gasteiger partial charge in [-0.1, -0.05) is 11.6 Å². The lowest BCUT2D eigenvalue weighted by atomic mass is 10.0. The Balaban J connectivity index is 1.93. The van der Waals surface area contributed by atoms with Crippen molar-refractivity contribution in [2.45, 2.75) is 22.6 Å². The van der Waals surface area contributed by atoms with Gasteiger partial charge in [-0.25, -0.2) is 17.2 Å². The van der Waals surface area contributed by atoms with Gasteiger partial charge in [-0.2, -0.15) is 8.42 Å². The van der Waals surface area contributed by atoms with Gasteiger partial charge in [0.2, 0.25) is 0 Å². The summed E-state index contributed by atoms with van der Waals surface area (Å²) in [5.41, 5.74) is -0.397. The molecule has 0 saturated carbocycles. The third kappa shape index (κ3) is 5.53. The van der Waals surface area contributed by atoms with E-state index in [1.807, 2.05) is 0 Å². The van der Waals surface area contributed by atoms with Crippen LogP contribution in [0.1, 0.15) is 17.2 Å². The molecule has 7 nitrogen and oxygen atoms in total. The third-order valence-corrected chi connectivity index (χ3v) is 7.66. The molecule has 1 heterocycles. The van der Waals surface area contributed by atoms with Crippen LogP contribution in [0.3, 0.4) is 0 Å². The van der Waals surface area contributed by atoms with E-state index in [9.17, 15) is 25.6 Å². The van der Waals surface area contributed by atoms with Crippen molar-refractivity contribution in [2.24, 2.45) is 0 Å². The average Bonchev–Trinajstić information content (AvgIpc) is 2.69. The summed E-state index contributed by atoms with van der Waals surface area (Å²) in [5, 5.41) is 1.78. The second-order valence-electron chi connectivity index (χ2n) is 6.94. The minimum absolute atomic E-state index is 0.106. The van der Waals surface area contributed by atoms with Gasteiger partial charge in [0.15, 0.2) is 21.4 Å².